The molecule has 0 saturated carbocycles. The molecule has 0 N–H and O–H groups in total. The summed E-state index contributed by atoms with van der Waals surface area (Å²) in [5, 5.41) is 0. The third kappa shape index (κ3) is 2.26. The van der Waals surface area contributed by atoms with Crippen molar-refractivity contribution in [1.29, 1.82) is 0 Å². The number of hydrogen-bond acceptors (Lipinski definition) is 2. The highest BCUT2D eigenvalue weighted by Crippen LogP contribution is 2.27. The smallest absolute Gasteiger partial charge is 0.123 e. The Kier molecular flexibility index (Phi) is 2.23. The van der Waals surface area contributed by atoms with Crippen LogP contribution in [0.25, 0.3) is 0 Å². The van der Waals surface area contributed by atoms with Gasteiger partial charge in [-0.1, -0.05) is 6.07 Å². The number of hydrogen-bond donors (Lipinski definition) is 0. The number of epoxide rings is 1. The Bertz CT molecular complexity index is 320. The molecule has 0 bridgehead atoms. The lowest BCUT2D eigenvalue weighted by Crippen LogP contribution is -2.16. The van der Waals surface area contributed by atoms with Crippen LogP contribution in [-0.2, 0) is 4.74 Å². The molecular weight excluding hydrogens is 176 g/mol. The number of benzene rings is 1. The van der Waals surface area contributed by atoms with Gasteiger partial charge in [0.1, 0.15) is 18.0 Å². The minimum atomic E-state index is -0.0301. The van der Waals surface area contributed by atoms with E-state index in [0.717, 1.165) is 12.4 Å². The second-order valence-corrected chi connectivity index (χ2v) is 4.35. The number of aryl methyl sites for hydroxylation is 2. The van der Waals surface area contributed by atoms with Crippen molar-refractivity contribution in [3.05, 3.63) is 29.3 Å². The molecule has 0 aromatic heterocycles. The Morgan fingerprint density at radius 1 is 1.29 bits per heavy atom. The van der Waals surface area contributed by atoms with Crippen molar-refractivity contribution >= 4 is 0 Å². The minimum Gasteiger partial charge on any atom is -0.490 e. The van der Waals surface area contributed by atoms with Gasteiger partial charge in [0.25, 0.3) is 0 Å². The second kappa shape index (κ2) is 3.28. The van der Waals surface area contributed by atoms with Crippen LogP contribution in [0.3, 0.4) is 0 Å². The third-order valence-electron chi connectivity index (χ3n) is 2.38. The van der Waals surface area contributed by atoms with Crippen molar-refractivity contribution in [1.82, 2.24) is 0 Å². The Labute approximate surface area is 84.8 Å². The van der Waals surface area contributed by atoms with Crippen LogP contribution < -0.4 is 4.74 Å². The average Bonchev–Trinajstić information content (AvgIpc) is 2.80. The molecule has 1 aliphatic rings. The predicted molar refractivity (Wildman–Crippen MR) is 55.8 cm³/mol. The predicted octanol–water partition coefficient (Wildman–Crippen LogP) is 2.47. The van der Waals surface area contributed by atoms with Gasteiger partial charge < -0.3 is 9.47 Å². The SMILES string of the molecule is Cc1cc(C)cc(OCC2(C)CO2)c1. The first-order valence-corrected chi connectivity index (χ1v) is 4.92. The standard InChI is InChI=1S/C12H16O2/c1-9-4-10(2)6-11(5-9)13-7-12(3)8-14-12/h4-6H,7-8H2,1-3H3. The van der Waals surface area contributed by atoms with Gasteiger partial charge in [-0.3, -0.25) is 0 Å². The molecule has 1 aromatic carbocycles. The van der Waals surface area contributed by atoms with E-state index in [1.165, 1.54) is 11.1 Å². The van der Waals surface area contributed by atoms with Crippen LogP contribution in [-0.4, -0.2) is 18.8 Å². The largest absolute Gasteiger partial charge is 0.490 e. The first-order chi connectivity index (χ1) is 6.57. The molecule has 0 aliphatic carbocycles. The third-order valence-corrected chi connectivity index (χ3v) is 2.38. The normalized spacial score (nSPS) is 24.8. The summed E-state index contributed by atoms with van der Waals surface area (Å²) in [6, 6.07) is 6.25. The zero-order valence-electron chi connectivity index (χ0n) is 8.96. The Morgan fingerprint density at radius 3 is 2.36 bits per heavy atom. The summed E-state index contributed by atoms with van der Waals surface area (Å²) in [5.41, 5.74) is 2.45. The first-order valence-electron chi connectivity index (χ1n) is 4.92. The summed E-state index contributed by atoms with van der Waals surface area (Å²) in [6.45, 7) is 7.69. The summed E-state index contributed by atoms with van der Waals surface area (Å²) in [7, 11) is 0. The number of ether oxygens (including phenoxy) is 2. The van der Waals surface area contributed by atoms with E-state index in [2.05, 4.69) is 39.0 Å². The van der Waals surface area contributed by atoms with Gasteiger partial charge in [-0.15, -0.1) is 0 Å². The summed E-state index contributed by atoms with van der Waals surface area (Å²) in [5.74, 6) is 0.944. The Morgan fingerprint density at radius 2 is 1.86 bits per heavy atom. The maximum Gasteiger partial charge on any atom is 0.123 e. The molecule has 1 saturated heterocycles. The van der Waals surface area contributed by atoms with Crippen LogP contribution in [0.4, 0.5) is 0 Å². The molecule has 2 nitrogen and oxygen atoms in total. The van der Waals surface area contributed by atoms with Crippen molar-refractivity contribution in [2.45, 2.75) is 26.4 Å². The molecule has 0 radical (unpaired) electrons. The second-order valence-electron chi connectivity index (χ2n) is 4.35. The molecule has 14 heavy (non-hydrogen) atoms. The van der Waals surface area contributed by atoms with Gasteiger partial charge in [-0.2, -0.15) is 0 Å². The van der Waals surface area contributed by atoms with Gasteiger partial charge in [-0.05, 0) is 44.0 Å². The molecule has 1 aromatic rings. The van der Waals surface area contributed by atoms with Crippen molar-refractivity contribution in [2.24, 2.45) is 0 Å². The lowest BCUT2D eigenvalue weighted by atomic mass is 10.1. The fraction of sp³-hybridized carbons (Fsp3) is 0.500. The highest BCUT2D eigenvalue weighted by atomic mass is 16.6. The molecule has 1 unspecified atom stereocenters. The average molecular weight is 192 g/mol. The monoisotopic (exact) mass is 192 g/mol. The highest BCUT2D eigenvalue weighted by molar-refractivity contribution is 5.33. The van der Waals surface area contributed by atoms with E-state index in [0.29, 0.717) is 6.61 Å². The van der Waals surface area contributed by atoms with Crippen LogP contribution >= 0.6 is 0 Å². The lowest BCUT2D eigenvalue weighted by molar-refractivity contribution is 0.202. The fourth-order valence-electron chi connectivity index (χ4n) is 1.46. The molecular formula is C12H16O2. The summed E-state index contributed by atoms with van der Waals surface area (Å²) in [6.07, 6.45) is 0. The zero-order chi connectivity index (χ0) is 10.2. The van der Waals surface area contributed by atoms with Crippen molar-refractivity contribution < 1.29 is 9.47 Å². The van der Waals surface area contributed by atoms with Crippen LogP contribution in [0, 0.1) is 13.8 Å². The van der Waals surface area contributed by atoms with Gasteiger partial charge in [0, 0.05) is 0 Å². The van der Waals surface area contributed by atoms with Gasteiger partial charge in [0.2, 0.25) is 0 Å². The molecule has 1 heterocycles. The van der Waals surface area contributed by atoms with E-state index in [9.17, 15) is 0 Å². The van der Waals surface area contributed by atoms with Gasteiger partial charge in [0.15, 0.2) is 0 Å². The molecule has 0 spiro atoms. The maximum absolute atomic E-state index is 5.67. The van der Waals surface area contributed by atoms with Gasteiger partial charge in [-0.25, -0.2) is 0 Å². The van der Waals surface area contributed by atoms with Crippen molar-refractivity contribution in [3.8, 4) is 5.75 Å². The summed E-state index contributed by atoms with van der Waals surface area (Å²) < 4.78 is 10.9. The van der Waals surface area contributed by atoms with Crippen molar-refractivity contribution in [2.75, 3.05) is 13.2 Å². The molecule has 76 valence electrons. The van der Waals surface area contributed by atoms with Crippen LogP contribution in [0.15, 0.2) is 18.2 Å². The number of rotatable bonds is 3. The molecule has 1 atom stereocenters. The topological polar surface area (TPSA) is 21.8 Å². The Hall–Kier alpha value is -1.02. The van der Waals surface area contributed by atoms with Crippen molar-refractivity contribution in [3.63, 3.8) is 0 Å². The zero-order valence-corrected chi connectivity index (χ0v) is 8.96. The van der Waals surface area contributed by atoms with Crippen LogP contribution in [0.5, 0.6) is 5.75 Å². The Balaban J connectivity index is 2.01. The van der Waals surface area contributed by atoms with E-state index in [1.54, 1.807) is 0 Å². The highest BCUT2D eigenvalue weighted by Gasteiger charge is 2.40. The molecule has 0 amide bonds. The molecule has 2 heteroatoms. The maximum atomic E-state index is 5.67. The van der Waals surface area contributed by atoms with Crippen LogP contribution in [0.1, 0.15) is 18.1 Å². The van der Waals surface area contributed by atoms with E-state index in [4.69, 9.17) is 9.47 Å². The quantitative estimate of drug-likeness (QED) is 0.686. The molecule has 1 fully saturated rings. The van der Waals surface area contributed by atoms with Gasteiger partial charge in [0.05, 0.1) is 6.61 Å². The van der Waals surface area contributed by atoms with E-state index in [-0.39, 0.29) is 5.60 Å². The van der Waals surface area contributed by atoms with Crippen LogP contribution in [0.2, 0.25) is 0 Å². The molecule has 1 aliphatic heterocycles. The van der Waals surface area contributed by atoms with Gasteiger partial charge >= 0.3 is 0 Å². The first kappa shape index (κ1) is 9.53. The fourth-order valence-corrected chi connectivity index (χ4v) is 1.46. The van der Waals surface area contributed by atoms with E-state index < -0.39 is 0 Å². The van der Waals surface area contributed by atoms with E-state index >= 15 is 0 Å². The summed E-state index contributed by atoms with van der Waals surface area (Å²) in [4.78, 5) is 0. The summed E-state index contributed by atoms with van der Waals surface area (Å²) >= 11 is 0. The minimum absolute atomic E-state index is 0.0301. The lowest BCUT2D eigenvalue weighted by Gasteiger charge is -2.10. The molecule has 2 rings (SSSR count). The van der Waals surface area contributed by atoms with E-state index in [1.807, 2.05) is 0 Å².